The number of hydrogen-bond acceptors (Lipinski definition) is 8. The summed E-state index contributed by atoms with van der Waals surface area (Å²) in [6.45, 7) is 4.22. The van der Waals surface area contributed by atoms with Gasteiger partial charge in [-0.2, -0.15) is 0 Å². The van der Waals surface area contributed by atoms with Gasteiger partial charge in [-0.1, -0.05) is 192 Å². The van der Waals surface area contributed by atoms with E-state index in [9.17, 15) is 19.0 Å². The molecule has 9 nitrogen and oxygen atoms in total. The molecule has 0 fully saturated rings. The van der Waals surface area contributed by atoms with Crippen LogP contribution in [0.2, 0.25) is 0 Å². The number of allylic oxidation sites excluding steroid dienone is 6. The monoisotopic (exact) mass is 868 g/mol. The van der Waals surface area contributed by atoms with Gasteiger partial charge in [0.2, 0.25) is 0 Å². The molecule has 0 aliphatic rings. The van der Waals surface area contributed by atoms with E-state index in [0.717, 1.165) is 57.8 Å². The van der Waals surface area contributed by atoms with Crippen LogP contribution in [0.25, 0.3) is 0 Å². The van der Waals surface area contributed by atoms with Crippen LogP contribution in [0.1, 0.15) is 219 Å². The van der Waals surface area contributed by atoms with Crippen LogP contribution in [0, 0.1) is 0 Å². The number of hydrogen-bond donors (Lipinski definition) is 0. The predicted molar refractivity (Wildman–Crippen MR) is 250 cm³/mol. The van der Waals surface area contributed by atoms with E-state index in [1.54, 1.807) is 0 Å². The van der Waals surface area contributed by atoms with E-state index in [1.165, 1.54) is 128 Å². The molecule has 0 N–H and O–H groups in total. The summed E-state index contributed by atoms with van der Waals surface area (Å²) in [5, 5.41) is 0. The number of rotatable bonds is 45. The Hall–Kier alpha value is -1.77. The molecule has 2 atom stereocenters. The molecular weight excluding hydrogens is 774 g/mol. The van der Waals surface area contributed by atoms with Crippen molar-refractivity contribution in [3.8, 4) is 0 Å². The molecule has 0 heterocycles. The number of carbonyl (C=O) groups is 2. The second-order valence-corrected chi connectivity index (χ2v) is 19.2. The van der Waals surface area contributed by atoms with Crippen molar-refractivity contribution in [2.75, 3.05) is 47.5 Å². The first-order valence-electron chi connectivity index (χ1n) is 24.7. The number of likely N-dealkylation sites (N-methyl/N-ethyl adjacent to an activating group) is 1. The summed E-state index contributed by atoms with van der Waals surface area (Å²) in [6, 6.07) is 0. The van der Waals surface area contributed by atoms with Gasteiger partial charge in [0.25, 0.3) is 7.82 Å². The van der Waals surface area contributed by atoms with Crippen LogP contribution in [0.4, 0.5) is 0 Å². The summed E-state index contributed by atoms with van der Waals surface area (Å²) >= 11 is 0. The lowest BCUT2D eigenvalue weighted by Gasteiger charge is -2.28. The number of unbranched alkanes of at least 4 members (excludes halogenated alkanes) is 25. The summed E-state index contributed by atoms with van der Waals surface area (Å²) < 4.78 is 34.0. The molecule has 0 aliphatic carbocycles. The van der Waals surface area contributed by atoms with Crippen LogP contribution in [0.3, 0.4) is 0 Å². The summed E-state index contributed by atoms with van der Waals surface area (Å²) in [5.74, 6) is -0.836. The van der Waals surface area contributed by atoms with E-state index < -0.39 is 26.5 Å². The van der Waals surface area contributed by atoms with Gasteiger partial charge in [0, 0.05) is 12.8 Å². The number of quaternary nitrogens is 1. The van der Waals surface area contributed by atoms with E-state index in [4.69, 9.17) is 18.5 Å². The number of esters is 2. The number of ether oxygens (including phenoxy) is 2. The fraction of sp³-hybridized carbons (Fsp3) is 0.840. The normalized spacial score (nSPS) is 13.8. The summed E-state index contributed by atoms with van der Waals surface area (Å²) in [4.78, 5) is 37.6. The quantitative estimate of drug-likeness (QED) is 0.0196. The molecule has 60 heavy (non-hydrogen) atoms. The summed E-state index contributed by atoms with van der Waals surface area (Å²) in [6.07, 6.45) is 48.8. The van der Waals surface area contributed by atoms with Crippen molar-refractivity contribution in [1.29, 1.82) is 0 Å². The standard InChI is InChI=1S/C50H94NO8P/c1-6-8-10-12-14-16-18-20-21-22-23-24-25-26-27-28-29-31-33-35-37-39-41-43-50(53)59-48(47-58-60(54,55)57-45-44-51(3,4)5)46-56-49(52)42-40-38-36-34-32-30-19-17-15-13-11-9-7-2/h18,20,22-23,25-26,48H,6-17,19,21,24,27-47H2,1-5H3/b20-18-,23-22-,26-25-. The molecule has 0 aromatic rings. The lowest BCUT2D eigenvalue weighted by molar-refractivity contribution is -0.870. The molecule has 352 valence electrons. The Kier molecular flexibility index (Phi) is 41.3. The van der Waals surface area contributed by atoms with Crippen LogP contribution >= 0.6 is 7.82 Å². The molecule has 0 bridgehead atoms. The number of nitrogens with zero attached hydrogens (tertiary/aromatic N) is 1. The molecule has 0 aliphatic heterocycles. The highest BCUT2D eigenvalue weighted by molar-refractivity contribution is 7.45. The van der Waals surface area contributed by atoms with Crippen molar-refractivity contribution in [3.63, 3.8) is 0 Å². The lowest BCUT2D eigenvalue weighted by Crippen LogP contribution is -2.37. The topological polar surface area (TPSA) is 111 Å². The maximum absolute atomic E-state index is 12.7. The van der Waals surface area contributed by atoms with Gasteiger partial charge in [-0.25, -0.2) is 0 Å². The largest absolute Gasteiger partial charge is 0.756 e. The van der Waals surface area contributed by atoms with Gasteiger partial charge < -0.3 is 27.9 Å². The zero-order valence-electron chi connectivity index (χ0n) is 39.7. The van der Waals surface area contributed by atoms with Crippen molar-refractivity contribution < 1.29 is 42.1 Å². The minimum Gasteiger partial charge on any atom is -0.756 e. The van der Waals surface area contributed by atoms with E-state index in [0.29, 0.717) is 17.4 Å². The first kappa shape index (κ1) is 58.2. The molecule has 0 radical (unpaired) electrons. The van der Waals surface area contributed by atoms with Gasteiger partial charge in [0.1, 0.15) is 19.8 Å². The van der Waals surface area contributed by atoms with Crippen molar-refractivity contribution in [2.24, 2.45) is 0 Å². The fourth-order valence-corrected chi connectivity index (χ4v) is 7.51. The number of carbonyl (C=O) groups excluding carboxylic acids is 2. The molecule has 0 spiro atoms. The first-order valence-corrected chi connectivity index (χ1v) is 26.2. The maximum atomic E-state index is 12.7. The lowest BCUT2D eigenvalue weighted by atomic mass is 10.0. The average molecular weight is 868 g/mol. The van der Waals surface area contributed by atoms with Gasteiger partial charge in [-0.05, 0) is 51.4 Å². The molecule has 2 unspecified atom stereocenters. The minimum absolute atomic E-state index is 0.0316. The highest BCUT2D eigenvalue weighted by Crippen LogP contribution is 2.38. The van der Waals surface area contributed by atoms with Gasteiger partial charge in [-0.3, -0.25) is 14.2 Å². The Labute approximate surface area is 370 Å². The highest BCUT2D eigenvalue weighted by atomic mass is 31.2. The van der Waals surface area contributed by atoms with Crippen LogP contribution in [-0.2, 0) is 32.7 Å². The summed E-state index contributed by atoms with van der Waals surface area (Å²) in [7, 11) is 1.16. The Balaban J connectivity index is 4.26. The Morgan fingerprint density at radius 3 is 1.33 bits per heavy atom. The van der Waals surface area contributed by atoms with Gasteiger partial charge >= 0.3 is 11.9 Å². The second kappa shape index (κ2) is 42.5. The van der Waals surface area contributed by atoms with E-state index >= 15 is 0 Å². The molecule has 0 rings (SSSR count). The average Bonchev–Trinajstić information content (AvgIpc) is 3.20. The molecule has 0 aromatic carbocycles. The third-order valence-corrected chi connectivity index (χ3v) is 11.6. The third-order valence-electron chi connectivity index (χ3n) is 10.7. The van der Waals surface area contributed by atoms with E-state index in [2.05, 4.69) is 50.3 Å². The number of phosphoric ester groups is 1. The van der Waals surface area contributed by atoms with Crippen LogP contribution in [-0.4, -0.2) is 70.0 Å². The van der Waals surface area contributed by atoms with Gasteiger partial charge in [-0.15, -0.1) is 0 Å². The molecular formula is C50H94NO8P. The number of phosphoric acid groups is 1. The molecule has 0 aromatic heterocycles. The second-order valence-electron chi connectivity index (χ2n) is 17.8. The molecule has 10 heteroatoms. The van der Waals surface area contributed by atoms with Gasteiger partial charge in [0.05, 0.1) is 27.7 Å². The molecule has 0 saturated carbocycles. The zero-order chi connectivity index (χ0) is 44.3. The van der Waals surface area contributed by atoms with Crippen molar-refractivity contribution in [2.45, 2.75) is 225 Å². The first-order chi connectivity index (χ1) is 29.0. The van der Waals surface area contributed by atoms with E-state index in [-0.39, 0.29) is 32.0 Å². The van der Waals surface area contributed by atoms with E-state index in [1.807, 2.05) is 21.1 Å². The fourth-order valence-electron chi connectivity index (χ4n) is 6.78. The van der Waals surface area contributed by atoms with Crippen LogP contribution in [0.15, 0.2) is 36.5 Å². The Morgan fingerprint density at radius 2 is 0.900 bits per heavy atom. The van der Waals surface area contributed by atoms with Crippen molar-refractivity contribution >= 4 is 19.8 Å². The Morgan fingerprint density at radius 1 is 0.517 bits per heavy atom. The maximum Gasteiger partial charge on any atom is 0.306 e. The third kappa shape index (κ3) is 45.7. The minimum atomic E-state index is -4.63. The summed E-state index contributed by atoms with van der Waals surface area (Å²) in [5.41, 5.74) is 0. The van der Waals surface area contributed by atoms with Gasteiger partial charge in [0.15, 0.2) is 6.10 Å². The molecule has 0 saturated heterocycles. The van der Waals surface area contributed by atoms with Crippen LogP contribution in [0.5, 0.6) is 0 Å². The zero-order valence-corrected chi connectivity index (χ0v) is 40.6. The van der Waals surface area contributed by atoms with Crippen LogP contribution < -0.4 is 4.89 Å². The smallest absolute Gasteiger partial charge is 0.306 e. The molecule has 0 amide bonds. The van der Waals surface area contributed by atoms with Crippen molar-refractivity contribution in [1.82, 2.24) is 0 Å². The Bertz CT molecular complexity index is 1120. The highest BCUT2D eigenvalue weighted by Gasteiger charge is 2.21. The van der Waals surface area contributed by atoms with Crippen molar-refractivity contribution in [3.05, 3.63) is 36.5 Å². The predicted octanol–water partition coefficient (Wildman–Crippen LogP) is 13.8. The SMILES string of the molecule is CCCCCCC/C=C\C/C=C\C/C=C\CCCCCCCCCCC(=O)OC(COC(=O)CCCCCCCCCCCCCCC)COP(=O)([O-])OCC[N+](C)(C)C.